The Bertz CT molecular complexity index is 1140. The molecule has 3 aromatic carbocycles. The number of benzene rings is 3. The summed E-state index contributed by atoms with van der Waals surface area (Å²) >= 11 is 7.26. The van der Waals surface area contributed by atoms with Crippen LogP contribution in [0.2, 0.25) is 5.02 Å². The van der Waals surface area contributed by atoms with Gasteiger partial charge in [0.15, 0.2) is 0 Å². The number of rotatable bonds is 7. The average Bonchev–Trinajstić information content (AvgIpc) is 2.86. The van der Waals surface area contributed by atoms with Crippen LogP contribution in [0.25, 0.3) is 0 Å². The molecule has 4 rings (SSSR count). The maximum atomic E-state index is 13.5. The Balaban J connectivity index is 1.46. The minimum absolute atomic E-state index is 0.0485. The van der Waals surface area contributed by atoms with Crippen molar-refractivity contribution in [1.29, 1.82) is 0 Å². The molecule has 1 aliphatic rings. The molecule has 0 radical (unpaired) electrons. The topological polar surface area (TPSA) is 58.2 Å². The molecule has 1 unspecified atom stereocenters. The molecule has 2 amide bonds. The van der Waals surface area contributed by atoms with E-state index in [0.29, 0.717) is 5.69 Å². The minimum atomic E-state index is -0.538. The Morgan fingerprint density at radius 3 is 2.24 bits per heavy atom. The third kappa shape index (κ3) is 6.39. The fraction of sp³-hybridized carbons (Fsp3) is 0.259. The number of nitrogens with one attached hydrogen (secondary N) is 2. The Kier molecular flexibility index (Phi) is 8.25. The summed E-state index contributed by atoms with van der Waals surface area (Å²) in [7, 11) is 0. The first-order valence-electron chi connectivity index (χ1n) is 11.4. The van der Waals surface area contributed by atoms with E-state index in [1.807, 2.05) is 54.6 Å². The number of hydrogen-bond acceptors (Lipinski definition) is 3. The summed E-state index contributed by atoms with van der Waals surface area (Å²) in [5.74, 6) is -0.605. The lowest BCUT2D eigenvalue weighted by molar-refractivity contribution is -0.120. The third-order valence-corrected chi connectivity index (χ3v) is 7.44. The van der Waals surface area contributed by atoms with Crippen LogP contribution in [0.15, 0.2) is 77.7 Å². The van der Waals surface area contributed by atoms with Crippen molar-refractivity contribution in [3.63, 3.8) is 0 Å². The fourth-order valence-electron chi connectivity index (χ4n) is 4.04. The van der Waals surface area contributed by atoms with E-state index < -0.39 is 11.1 Å². The highest BCUT2D eigenvalue weighted by Gasteiger charge is 2.23. The van der Waals surface area contributed by atoms with E-state index in [4.69, 9.17) is 11.6 Å². The Hall–Kier alpha value is -2.83. The number of carbonyl (C=O) groups is 2. The summed E-state index contributed by atoms with van der Waals surface area (Å²) in [6.07, 6.45) is 5.33. The number of halogens is 2. The van der Waals surface area contributed by atoms with Crippen molar-refractivity contribution in [2.45, 2.75) is 42.2 Å². The molecule has 0 aliphatic heterocycles. The van der Waals surface area contributed by atoms with Gasteiger partial charge in [-0.15, -0.1) is 11.8 Å². The molecule has 0 aromatic heterocycles. The minimum Gasteiger partial charge on any atom is -0.326 e. The van der Waals surface area contributed by atoms with E-state index in [1.165, 1.54) is 36.4 Å². The predicted octanol–water partition coefficient (Wildman–Crippen LogP) is 7.47. The Labute approximate surface area is 208 Å². The first-order chi connectivity index (χ1) is 16.5. The van der Waals surface area contributed by atoms with Crippen molar-refractivity contribution in [1.82, 2.24) is 0 Å². The molecule has 7 heteroatoms. The van der Waals surface area contributed by atoms with Crippen LogP contribution < -0.4 is 10.6 Å². The number of hydrogen-bond donors (Lipinski definition) is 2. The van der Waals surface area contributed by atoms with Crippen molar-refractivity contribution >= 4 is 46.6 Å². The van der Waals surface area contributed by atoms with Crippen LogP contribution in [-0.4, -0.2) is 11.8 Å². The molecule has 0 spiro atoms. The molecule has 1 fully saturated rings. The normalized spacial score (nSPS) is 14.9. The van der Waals surface area contributed by atoms with Crippen molar-refractivity contribution in [3.05, 3.63) is 89.2 Å². The molecule has 3 aromatic rings. The van der Waals surface area contributed by atoms with E-state index in [9.17, 15) is 14.0 Å². The number of amides is 2. The second-order valence-electron chi connectivity index (χ2n) is 8.38. The van der Waals surface area contributed by atoms with Crippen LogP contribution in [0.5, 0.6) is 0 Å². The van der Waals surface area contributed by atoms with E-state index >= 15 is 0 Å². The van der Waals surface area contributed by atoms with Crippen LogP contribution in [0.4, 0.5) is 15.8 Å². The smallest absolute Gasteiger partial charge is 0.242 e. The fourth-order valence-corrected chi connectivity index (χ4v) is 5.25. The average molecular weight is 497 g/mol. The van der Waals surface area contributed by atoms with E-state index in [2.05, 4.69) is 10.6 Å². The van der Waals surface area contributed by atoms with E-state index in [-0.39, 0.29) is 22.8 Å². The molecule has 0 heterocycles. The van der Waals surface area contributed by atoms with Gasteiger partial charge >= 0.3 is 0 Å². The van der Waals surface area contributed by atoms with Crippen LogP contribution in [0, 0.1) is 11.7 Å². The molecule has 1 atom stereocenters. The highest BCUT2D eigenvalue weighted by atomic mass is 35.5. The van der Waals surface area contributed by atoms with Gasteiger partial charge in [-0.1, -0.05) is 61.2 Å². The second kappa shape index (κ2) is 11.5. The van der Waals surface area contributed by atoms with Crippen LogP contribution in [-0.2, 0) is 9.59 Å². The molecule has 1 saturated carbocycles. The summed E-state index contributed by atoms with van der Waals surface area (Å²) in [5.41, 5.74) is 2.02. The Morgan fingerprint density at radius 2 is 1.56 bits per heavy atom. The van der Waals surface area contributed by atoms with E-state index in [0.717, 1.165) is 41.8 Å². The second-order valence-corrected chi connectivity index (χ2v) is 9.96. The van der Waals surface area contributed by atoms with Gasteiger partial charge in [-0.05, 0) is 60.9 Å². The zero-order chi connectivity index (χ0) is 23.9. The van der Waals surface area contributed by atoms with Crippen molar-refractivity contribution in [3.8, 4) is 0 Å². The van der Waals surface area contributed by atoms with Crippen molar-refractivity contribution in [2.24, 2.45) is 5.92 Å². The molecule has 0 bridgehead atoms. The summed E-state index contributed by atoms with van der Waals surface area (Å²) in [6, 6.07) is 21.1. The van der Waals surface area contributed by atoms with Crippen molar-refractivity contribution in [2.75, 3.05) is 10.6 Å². The van der Waals surface area contributed by atoms with Crippen LogP contribution >= 0.6 is 23.4 Å². The zero-order valence-corrected chi connectivity index (χ0v) is 20.2. The SMILES string of the molecule is O=C(Nc1ccc(SC(C(=O)Nc2ccc(F)c(Cl)c2)c2ccccc2)cc1)C1CCCCC1. The van der Waals surface area contributed by atoms with Gasteiger partial charge in [0, 0.05) is 22.2 Å². The van der Waals surface area contributed by atoms with Crippen molar-refractivity contribution < 1.29 is 14.0 Å². The lowest BCUT2D eigenvalue weighted by atomic mass is 9.88. The molecule has 34 heavy (non-hydrogen) atoms. The lowest BCUT2D eigenvalue weighted by Crippen LogP contribution is -2.24. The zero-order valence-electron chi connectivity index (χ0n) is 18.6. The van der Waals surface area contributed by atoms with Gasteiger partial charge in [-0.25, -0.2) is 4.39 Å². The largest absolute Gasteiger partial charge is 0.326 e. The first kappa shape index (κ1) is 24.3. The van der Waals surface area contributed by atoms with Crippen LogP contribution in [0.3, 0.4) is 0 Å². The van der Waals surface area contributed by atoms with Gasteiger partial charge in [0.2, 0.25) is 11.8 Å². The van der Waals surface area contributed by atoms with Gasteiger partial charge in [-0.3, -0.25) is 9.59 Å². The lowest BCUT2D eigenvalue weighted by Gasteiger charge is -2.21. The number of thioether (sulfide) groups is 1. The summed E-state index contributed by atoms with van der Waals surface area (Å²) in [4.78, 5) is 26.6. The summed E-state index contributed by atoms with van der Waals surface area (Å²) < 4.78 is 13.5. The number of anilines is 2. The van der Waals surface area contributed by atoms with Crippen LogP contribution in [0.1, 0.15) is 42.9 Å². The Morgan fingerprint density at radius 1 is 0.882 bits per heavy atom. The maximum Gasteiger partial charge on any atom is 0.242 e. The standard InChI is InChI=1S/C27H26ClFN2O2S/c28-23-17-21(13-16-24(23)29)31-27(33)25(18-7-3-1-4-8-18)34-22-14-11-20(12-15-22)30-26(32)19-9-5-2-6-10-19/h1,3-4,7-8,11-17,19,25H,2,5-6,9-10H2,(H,30,32)(H,31,33). The summed E-state index contributed by atoms with van der Waals surface area (Å²) in [6.45, 7) is 0. The quantitative estimate of drug-likeness (QED) is 0.333. The summed E-state index contributed by atoms with van der Waals surface area (Å²) in [5, 5.41) is 5.27. The molecule has 1 aliphatic carbocycles. The van der Waals surface area contributed by atoms with E-state index in [1.54, 1.807) is 0 Å². The number of carbonyl (C=O) groups excluding carboxylic acids is 2. The van der Waals surface area contributed by atoms with Gasteiger partial charge in [0.05, 0.1) is 5.02 Å². The third-order valence-electron chi connectivity index (χ3n) is 5.88. The van der Waals surface area contributed by atoms with Gasteiger partial charge in [-0.2, -0.15) is 0 Å². The molecular formula is C27H26ClFN2O2S. The van der Waals surface area contributed by atoms with Gasteiger partial charge in [0.1, 0.15) is 11.1 Å². The first-order valence-corrected chi connectivity index (χ1v) is 12.6. The van der Waals surface area contributed by atoms with Gasteiger partial charge < -0.3 is 10.6 Å². The monoisotopic (exact) mass is 496 g/mol. The molecule has 0 saturated heterocycles. The highest BCUT2D eigenvalue weighted by Crippen LogP contribution is 2.37. The molecule has 2 N–H and O–H groups in total. The van der Waals surface area contributed by atoms with Gasteiger partial charge in [0.25, 0.3) is 0 Å². The molecule has 4 nitrogen and oxygen atoms in total. The maximum absolute atomic E-state index is 13.5. The predicted molar refractivity (Wildman–Crippen MR) is 137 cm³/mol. The molecular weight excluding hydrogens is 471 g/mol. The molecule has 176 valence electrons. The highest BCUT2D eigenvalue weighted by molar-refractivity contribution is 8.00.